The normalized spacial score (nSPS) is 24.9. The van der Waals surface area contributed by atoms with E-state index in [0.29, 0.717) is 21.2 Å². The van der Waals surface area contributed by atoms with Crippen LogP contribution in [0, 0.1) is 0 Å². The zero-order chi connectivity index (χ0) is 10.3. The Morgan fingerprint density at radius 3 is 2.57 bits per heavy atom. The Morgan fingerprint density at radius 1 is 1.14 bits per heavy atom. The molecule has 0 fully saturated rings. The third-order valence-electron chi connectivity index (χ3n) is 2.27. The lowest BCUT2D eigenvalue weighted by Gasteiger charge is -2.22. The second kappa shape index (κ2) is 3.55. The third-order valence-corrected chi connectivity index (χ3v) is 3.09. The Hall–Kier alpha value is -0.540. The van der Waals surface area contributed by atoms with E-state index in [-0.39, 0.29) is 0 Å². The lowest BCUT2D eigenvalue weighted by molar-refractivity contribution is 0.0470. The van der Waals surface area contributed by atoms with Crippen molar-refractivity contribution in [2.24, 2.45) is 0 Å². The molecule has 0 saturated heterocycles. The van der Waals surface area contributed by atoms with Gasteiger partial charge in [0.1, 0.15) is 12.2 Å². The van der Waals surface area contributed by atoms with E-state index >= 15 is 0 Å². The molecule has 2 N–H and O–H groups in total. The van der Waals surface area contributed by atoms with Crippen LogP contribution in [0.5, 0.6) is 0 Å². The largest absolute Gasteiger partial charge is 0.386 e. The molecule has 74 valence electrons. The van der Waals surface area contributed by atoms with Crippen LogP contribution in [0.3, 0.4) is 0 Å². The average Bonchev–Trinajstić information content (AvgIpc) is 2.17. The first-order valence-electron chi connectivity index (χ1n) is 4.13. The molecule has 1 aliphatic carbocycles. The van der Waals surface area contributed by atoms with Crippen LogP contribution in [0.4, 0.5) is 0 Å². The van der Waals surface area contributed by atoms with Crippen molar-refractivity contribution in [2.45, 2.75) is 12.2 Å². The lowest BCUT2D eigenvalue weighted by Crippen LogP contribution is -2.19. The molecule has 2 nitrogen and oxygen atoms in total. The maximum Gasteiger partial charge on any atom is 0.109 e. The molecular formula is C10H8Cl2O2. The highest BCUT2D eigenvalue weighted by Crippen LogP contribution is 2.36. The fraction of sp³-hybridized carbons (Fsp3) is 0.200. The number of aliphatic hydroxyl groups is 2. The van der Waals surface area contributed by atoms with Crippen LogP contribution in [-0.2, 0) is 0 Å². The van der Waals surface area contributed by atoms with Gasteiger partial charge >= 0.3 is 0 Å². The van der Waals surface area contributed by atoms with Gasteiger partial charge in [-0.15, -0.1) is 0 Å². The first-order valence-corrected chi connectivity index (χ1v) is 4.89. The Bertz CT molecular complexity index is 401. The summed E-state index contributed by atoms with van der Waals surface area (Å²) < 4.78 is 0. The summed E-state index contributed by atoms with van der Waals surface area (Å²) >= 11 is 11.8. The Labute approximate surface area is 91.4 Å². The van der Waals surface area contributed by atoms with Crippen molar-refractivity contribution in [3.63, 3.8) is 0 Å². The van der Waals surface area contributed by atoms with Crippen LogP contribution in [0.2, 0.25) is 10.0 Å². The maximum atomic E-state index is 9.64. The quantitative estimate of drug-likeness (QED) is 0.719. The van der Waals surface area contributed by atoms with Crippen LogP contribution in [0.25, 0.3) is 6.08 Å². The number of rotatable bonds is 0. The number of hydrogen-bond acceptors (Lipinski definition) is 2. The molecule has 0 spiro atoms. The van der Waals surface area contributed by atoms with Gasteiger partial charge in [0.2, 0.25) is 0 Å². The molecule has 0 saturated carbocycles. The second-order valence-corrected chi connectivity index (χ2v) is 3.94. The summed E-state index contributed by atoms with van der Waals surface area (Å²) in [6.07, 6.45) is 1.36. The van der Waals surface area contributed by atoms with E-state index in [4.69, 9.17) is 23.2 Å². The van der Waals surface area contributed by atoms with E-state index < -0.39 is 12.2 Å². The van der Waals surface area contributed by atoms with E-state index in [1.807, 2.05) is 0 Å². The minimum absolute atomic E-state index is 0.409. The van der Waals surface area contributed by atoms with Gasteiger partial charge in [-0.1, -0.05) is 41.4 Å². The summed E-state index contributed by atoms with van der Waals surface area (Å²) in [5.41, 5.74) is 1.28. The topological polar surface area (TPSA) is 40.5 Å². The van der Waals surface area contributed by atoms with Crippen LogP contribution < -0.4 is 0 Å². The number of fused-ring (bicyclic) bond motifs is 1. The smallest absolute Gasteiger partial charge is 0.109 e. The predicted molar refractivity (Wildman–Crippen MR) is 56.5 cm³/mol. The van der Waals surface area contributed by atoms with Crippen molar-refractivity contribution in [1.29, 1.82) is 0 Å². The highest BCUT2D eigenvalue weighted by Gasteiger charge is 2.24. The number of benzene rings is 1. The van der Waals surface area contributed by atoms with Gasteiger partial charge in [0.15, 0.2) is 0 Å². The van der Waals surface area contributed by atoms with Gasteiger partial charge in [0.25, 0.3) is 0 Å². The molecule has 0 aromatic heterocycles. The molecule has 0 bridgehead atoms. The molecule has 2 atom stereocenters. The van der Waals surface area contributed by atoms with Gasteiger partial charge in [-0.2, -0.15) is 0 Å². The Balaban J connectivity index is 2.62. The Morgan fingerprint density at radius 2 is 1.86 bits per heavy atom. The number of hydrogen-bond donors (Lipinski definition) is 2. The van der Waals surface area contributed by atoms with Crippen molar-refractivity contribution in [3.05, 3.63) is 39.4 Å². The molecule has 2 rings (SSSR count). The van der Waals surface area contributed by atoms with Crippen LogP contribution in [-0.4, -0.2) is 16.3 Å². The summed E-state index contributed by atoms with van der Waals surface area (Å²) in [5.74, 6) is 0. The molecule has 14 heavy (non-hydrogen) atoms. The van der Waals surface area contributed by atoms with Crippen molar-refractivity contribution in [2.75, 3.05) is 0 Å². The molecule has 1 aliphatic rings. The van der Waals surface area contributed by atoms with Crippen molar-refractivity contribution >= 4 is 29.3 Å². The maximum absolute atomic E-state index is 9.64. The molecule has 1 aromatic carbocycles. The van der Waals surface area contributed by atoms with Gasteiger partial charge in [0, 0.05) is 5.56 Å². The zero-order valence-electron chi connectivity index (χ0n) is 7.11. The molecule has 1 aromatic rings. The molecule has 0 unspecified atom stereocenters. The lowest BCUT2D eigenvalue weighted by atomic mass is 9.93. The molecule has 0 aliphatic heterocycles. The molecule has 0 amide bonds. The fourth-order valence-corrected chi connectivity index (χ4v) is 1.89. The standard InChI is InChI=1S/C10H8Cl2O2/c11-7-3-1-6-5(9(7)12)2-4-8(13)10(6)14/h1-4,8,10,13-14H/t8-,10-/m1/s1. The van der Waals surface area contributed by atoms with Gasteiger partial charge in [-0.3, -0.25) is 0 Å². The van der Waals surface area contributed by atoms with E-state index in [1.165, 1.54) is 6.08 Å². The van der Waals surface area contributed by atoms with Gasteiger partial charge < -0.3 is 10.2 Å². The SMILES string of the molecule is O[C@@H]1C=Cc2c(ccc(Cl)c2Cl)[C@H]1O. The fourth-order valence-electron chi connectivity index (χ4n) is 1.49. The summed E-state index contributed by atoms with van der Waals surface area (Å²) in [6.45, 7) is 0. The number of halogens is 2. The minimum Gasteiger partial charge on any atom is -0.386 e. The average molecular weight is 231 g/mol. The van der Waals surface area contributed by atoms with Crippen molar-refractivity contribution in [3.8, 4) is 0 Å². The van der Waals surface area contributed by atoms with E-state index in [2.05, 4.69) is 0 Å². The minimum atomic E-state index is -0.926. The van der Waals surface area contributed by atoms with Gasteiger partial charge in [0.05, 0.1) is 10.0 Å². The van der Waals surface area contributed by atoms with E-state index in [9.17, 15) is 10.2 Å². The van der Waals surface area contributed by atoms with Crippen LogP contribution >= 0.6 is 23.2 Å². The highest BCUT2D eigenvalue weighted by molar-refractivity contribution is 6.43. The van der Waals surface area contributed by atoms with E-state index in [1.54, 1.807) is 18.2 Å². The van der Waals surface area contributed by atoms with Gasteiger partial charge in [-0.05, 0) is 11.6 Å². The summed E-state index contributed by atoms with van der Waals surface area (Å²) in [5, 5.41) is 19.9. The van der Waals surface area contributed by atoms with Crippen LogP contribution in [0.1, 0.15) is 17.2 Å². The monoisotopic (exact) mass is 230 g/mol. The summed E-state index contributed by atoms with van der Waals surface area (Å²) in [6, 6.07) is 3.28. The summed E-state index contributed by atoms with van der Waals surface area (Å²) in [4.78, 5) is 0. The van der Waals surface area contributed by atoms with Crippen LogP contribution in [0.15, 0.2) is 18.2 Å². The second-order valence-electron chi connectivity index (χ2n) is 3.16. The molecule has 4 heteroatoms. The number of aliphatic hydroxyl groups excluding tert-OH is 2. The molecular weight excluding hydrogens is 223 g/mol. The zero-order valence-corrected chi connectivity index (χ0v) is 8.63. The summed E-state index contributed by atoms with van der Waals surface area (Å²) in [7, 11) is 0. The van der Waals surface area contributed by atoms with Crippen molar-refractivity contribution in [1.82, 2.24) is 0 Å². The molecule has 0 heterocycles. The predicted octanol–water partition coefficient (Wildman–Crippen LogP) is 2.41. The Kier molecular flexibility index (Phi) is 2.54. The highest BCUT2D eigenvalue weighted by atomic mass is 35.5. The third kappa shape index (κ3) is 1.44. The first-order chi connectivity index (χ1) is 6.61. The first kappa shape index (κ1) is 9.99. The van der Waals surface area contributed by atoms with Gasteiger partial charge in [-0.25, -0.2) is 0 Å². The van der Waals surface area contributed by atoms with Crippen molar-refractivity contribution < 1.29 is 10.2 Å². The van der Waals surface area contributed by atoms with E-state index in [0.717, 1.165) is 0 Å². The molecule has 0 radical (unpaired) electrons.